The van der Waals surface area contributed by atoms with E-state index >= 15 is 0 Å². The number of hydrogen-bond acceptors (Lipinski definition) is 3. The molecule has 94 valence electrons. The van der Waals surface area contributed by atoms with E-state index in [1.165, 1.54) is 11.3 Å². The van der Waals surface area contributed by atoms with Gasteiger partial charge in [-0.1, -0.05) is 39.0 Å². The maximum Gasteiger partial charge on any atom is 0.268 e. The van der Waals surface area contributed by atoms with Gasteiger partial charge in [0.1, 0.15) is 10.5 Å². The highest BCUT2D eigenvalue weighted by molar-refractivity contribution is 7.25. The molecule has 0 atom stereocenters. The molecule has 0 aliphatic rings. The van der Waals surface area contributed by atoms with E-state index in [4.69, 9.17) is 0 Å². The highest BCUT2D eigenvalue weighted by atomic mass is 32.1. The number of aromatic nitrogens is 2. The number of nitrogens with zero attached hydrogens (tertiary/aromatic N) is 1. The van der Waals surface area contributed by atoms with Crippen LogP contribution in [0.25, 0.3) is 20.3 Å². The van der Waals surface area contributed by atoms with Crippen molar-refractivity contribution >= 4 is 31.6 Å². The van der Waals surface area contributed by atoms with Crippen molar-refractivity contribution in [2.24, 2.45) is 0 Å². The van der Waals surface area contributed by atoms with Gasteiger partial charge in [0.05, 0.1) is 5.52 Å². The second-order valence-corrected chi connectivity index (χ2v) is 4.69. The van der Waals surface area contributed by atoms with Crippen molar-refractivity contribution in [3.05, 3.63) is 40.4 Å². The fraction of sp³-hybridized carbons (Fsp3) is 0.286. The minimum absolute atomic E-state index is 0.0250. The predicted octanol–water partition coefficient (Wildman–Crippen LogP) is 3.73. The summed E-state index contributed by atoms with van der Waals surface area (Å²) in [6.07, 6.45) is 0.745. The molecule has 18 heavy (non-hydrogen) atoms. The third-order valence-corrected chi connectivity index (χ3v) is 3.77. The average Bonchev–Trinajstić information content (AvgIpc) is 2.80. The van der Waals surface area contributed by atoms with Gasteiger partial charge in [0.2, 0.25) is 0 Å². The van der Waals surface area contributed by atoms with Crippen molar-refractivity contribution in [2.75, 3.05) is 0 Å². The standard InChI is InChI=1S/C12H10N2OS.C2H6/c1-2-9-13-10-7-5-3-4-6-8(7)16-11(10)12(15)14-9;1-2/h3-6H,2H2,1H3,(H,13,14,15);1-2H3. The molecule has 3 aromatic rings. The van der Waals surface area contributed by atoms with Gasteiger partial charge < -0.3 is 4.98 Å². The van der Waals surface area contributed by atoms with Crippen molar-refractivity contribution in [1.29, 1.82) is 0 Å². The Morgan fingerprint density at radius 2 is 2.00 bits per heavy atom. The molecule has 0 aliphatic heterocycles. The van der Waals surface area contributed by atoms with Gasteiger partial charge in [-0.25, -0.2) is 4.98 Å². The summed E-state index contributed by atoms with van der Waals surface area (Å²) in [6.45, 7) is 5.98. The first-order valence-corrected chi connectivity index (χ1v) is 7.01. The van der Waals surface area contributed by atoms with Crippen LogP contribution in [0.5, 0.6) is 0 Å². The van der Waals surface area contributed by atoms with E-state index in [0.29, 0.717) is 0 Å². The lowest BCUT2D eigenvalue weighted by atomic mass is 10.2. The summed E-state index contributed by atoms with van der Waals surface area (Å²) in [6, 6.07) is 7.99. The third-order valence-electron chi connectivity index (χ3n) is 2.61. The maximum atomic E-state index is 11.8. The maximum absolute atomic E-state index is 11.8. The Balaban J connectivity index is 0.000000574. The van der Waals surface area contributed by atoms with Crippen molar-refractivity contribution in [2.45, 2.75) is 27.2 Å². The van der Waals surface area contributed by atoms with E-state index in [1.54, 1.807) is 0 Å². The second kappa shape index (κ2) is 5.31. The van der Waals surface area contributed by atoms with Crippen LogP contribution in [0.3, 0.4) is 0 Å². The first kappa shape index (κ1) is 12.8. The van der Waals surface area contributed by atoms with Crippen LogP contribution in [0.1, 0.15) is 26.6 Å². The zero-order valence-corrected chi connectivity index (χ0v) is 11.6. The molecule has 0 bridgehead atoms. The summed E-state index contributed by atoms with van der Waals surface area (Å²) >= 11 is 1.50. The van der Waals surface area contributed by atoms with Crippen LogP contribution >= 0.6 is 11.3 Å². The summed E-state index contributed by atoms with van der Waals surface area (Å²) in [7, 11) is 0. The first-order chi connectivity index (χ1) is 8.79. The zero-order valence-electron chi connectivity index (χ0n) is 10.8. The number of H-pyrrole nitrogens is 1. The number of benzene rings is 1. The molecule has 2 heterocycles. The van der Waals surface area contributed by atoms with E-state index < -0.39 is 0 Å². The monoisotopic (exact) mass is 260 g/mol. The molecule has 0 saturated carbocycles. The topological polar surface area (TPSA) is 45.8 Å². The number of aromatic amines is 1. The molecular weight excluding hydrogens is 244 g/mol. The van der Waals surface area contributed by atoms with E-state index in [1.807, 2.05) is 45.0 Å². The molecule has 1 aromatic carbocycles. The SMILES string of the molecule is CC.CCc1nc2c(sc3ccccc32)c(=O)[nH]1. The lowest BCUT2D eigenvalue weighted by Gasteiger charge is -1.95. The van der Waals surface area contributed by atoms with Crippen molar-refractivity contribution in [3.63, 3.8) is 0 Å². The fourth-order valence-electron chi connectivity index (χ4n) is 1.81. The van der Waals surface area contributed by atoms with E-state index in [2.05, 4.69) is 9.97 Å². The van der Waals surface area contributed by atoms with E-state index in [-0.39, 0.29) is 5.56 Å². The van der Waals surface area contributed by atoms with E-state index in [0.717, 1.165) is 32.5 Å². The Kier molecular flexibility index (Phi) is 3.77. The summed E-state index contributed by atoms with van der Waals surface area (Å²) < 4.78 is 1.84. The van der Waals surface area contributed by atoms with Crippen molar-refractivity contribution in [1.82, 2.24) is 9.97 Å². The van der Waals surface area contributed by atoms with Gasteiger partial charge in [0.25, 0.3) is 5.56 Å². The Morgan fingerprint density at radius 1 is 1.28 bits per heavy atom. The highest BCUT2D eigenvalue weighted by Gasteiger charge is 2.09. The molecule has 0 saturated heterocycles. The molecule has 4 heteroatoms. The van der Waals surface area contributed by atoms with Crippen LogP contribution in [0.4, 0.5) is 0 Å². The number of fused-ring (bicyclic) bond motifs is 3. The number of nitrogens with one attached hydrogen (secondary N) is 1. The molecule has 3 nitrogen and oxygen atoms in total. The van der Waals surface area contributed by atoms with Crippen molar-refractivity contribution < 1.29 is 0 Å². The van der Waals surface area contributed by atoms with Gasteiger partial charge in [-0.15, -0.1) is 11.3 Å². The molecule has 0 spiro atoms. The minimum Gasteiger partial charge on any atom is -0.309 e. The Morgan fingerprint density at radius 3 is 2.72 bits per heavy atom. The molecule has 0 aliphatic carbocycles. The lowest BCUT2D eigenvalue weighted by molar-refractivity contribution is 0.947. The molecule has 0 fully saturated rings. The molecule has 0 radical (unpaired) electrons. The second-order valence-electron chi connectivity index (χ2n) is 3.64. The largest absolute Gasteiger partial charge is 0.309 e. The number of hydrogen-bond donors (Lipinski definition) is 1. The Hall–Kier alpha value is -1.68. The van der Waals surface area contributed by atoms with Crippen LogP contribution < -0.4 is 5.56 Å². The quantitative estimate of drug-likeness (QED) is 0.724. The van der Waals surface area contributed by atoms with Gasteiger partial charge in [-0.3, -0.25) is 4.79 Å². The van der Waals surface area contributed by atoms with Crippen LogP contribution in [-0.4, -0.2) is 9.97 Å². The van der Waals surface area contributed by atoms with Crippen LogP contribution in [-0.2, 0) is 6.42 Å². The summed E-state index contributed by atoms with van der Waals surface area (Å²) in [5, 5.41) is 1.07. The van der Waals surface area contributed by atoms with Gasteiger partial charge in [0.15, 0.2) is 0 Å². The molecule has 1 N–H and O–H groups in total. The smallest absolute Gasteiger partial charge is 0.268 e. The van der Waals surface area contributed by atoms with E-state index in [9.17, 15) is 4.79 Å². The third kappa shape index (κ3) is 2.04. The number of rotatable bonds is 1. The normalized spacial score (nSPS) is 10.4. The van der Waals surface area contributed by atoms with Crippen LogP contribution in [0.2, 0.25) is 0 Å². The lowest BCUT2D eigenvalue weighted by Crippen LogP contribution is -2.09. The molecular formula is C14H16N2OS. The Bertz CT molecular complexity index is 727. The van der Waals surface area contributed by atoms with Crippen LogP contribution in [0, 0.1) is 0 Å². The van der Waals surface area contributed by atoms with Gasteiger partial charge in [-0.2, -0.15) is 0 Å². The summed E-state index contributed by atoms with van der Waals surface area (Å²) in [5.41, 5.74) is 0.809. The first-order valence-electron chi connectivity index (χ1n) is 6.20. The van der Waals surface area contributed by atoms with Gasteiger partial charge in [-0.05, 0) is 6.07 Å². The van der Waals surface area contributed by atoms with Crippen LogP contribution in [0.15, 0.2) is 29.1 Å². The zero-order chi connectivity index (χ0) is 13.1. The summed E-state index contributed by atoms with van der Waals surface area (Å²) in [5.74, 6) is 0.751. The van der Waals surface area contributed by atoms with Gasteiger partial charge in [0, 0.05) is 16.5 Å². The van der Waals surface area contributed by atoms with Gasteiger partial charge >= 0.3 is 0 Å². The molecule has 3 rings (SSSR count). The minimum atomic E-state index is -0.0250. The van der Waals surface area contributed by atoms with Crippen molar-refractivity contribution in [3.8, 4) is 0 Å². The molecule has 0 unspecified atom stereocenters. The number of aryl methyl sites for hydroxylation is 1. The Labute approximate surface area is 110 Å². The predicted molar refractivity (Wildman–Crippen MR) is 78.5 cm³/mol. The molecule has 2 aromatic heterocycles. The average molecular weight is 260 g/mol. The fourth-order valence-corrected chi connectivity index (χ4v) is 2.85. The summed E-state index contributed by atoms with van der Waals surface area (Å²) in [4.78, 5) is 19.1. The number of thiophene rings is 1. The highest BCUT2D eigenvalue weighted by Crippen LogP contribution is 2.29. The molecule has 0 amide bonds.